The van der Waals surface area contributed by atoms with Gasteiger partial charge in [0.15, 0.2) is 0 Å². The number of hydrogen-bond donors (Lipinski definition) is 2. The number of aromatic hydroxyl groups is 1. The van der Waals surface area contributed by atoms with E-state index in [1.54, 1.807) is 12.1 Å². The molecule has 0 radical (unpaired) electrons. The summed E-state index contributed by atoms with van der Waals surface area (Å²) in [6, 6.07) is 8.45. The van der Waals surface area contributed by atoms with E-state index in [-0.39, 0.29) is 17.2 Å². The van der Waals surface area contributed by atoms with Crippen LogP contribution in [0.15, 0.2) is 54.0 Å². The third-order valence-electron chi connectivity index (χ3n) is 3.63. The second-order valence-corrected chi connectivity index (χ2v) is 5.70. The molecule has 0 heterocycles. The van der Waals surface area contributed by atoms with Gasteiger partial charge >= 0.3 is 12.2 Å². The Labute approximate surface area is 148 Å². The van der Waals surface area contributed by atoms with Gasteiger partial charge < -0.3 is 10.4 Å². The number of phenols is 1. The molecule has 0 saturated carbocycles. The Bertz CT molecular complexity index is 869. The maximum absolute atomic E-state index is 12.6. The molecule has 0 saturated heterocycles. The van der Waals surface area contributed by atoms with E-state index in [9.17, 15) is 23.1 Å². The third kappa shape index (κ3) is 4.72. The molecule has 2 aromatic rings. The summed E-state index contributed by atoms with van der Waals surface area (Å²) in [7, 11) is 0. The van der Waals surface area contributed by atoms with Gasteiger partial charge in [-0.3, -0.25) is 0 Å². The Morgan fingerprint density at radius 2 is 1.77 bits per heavy atom. The first kappa shape index (κ1) is 19.2. The molecule has 0 aliphatic heterocycles. The summed E-state index contributed by atoms with van der Waals surface area (Å²) in [4.78, 5) is 15.8. The van der Waals surface area contributed by atoms with Gasteiger partial charge in [-0.05, 0) is 43.7 Å². The normalized spacial score (nSPS) is 12.0. The Kier molecular flexibility index (Phi) is 5.50. The Balaban J connectivity index is 2.12. The molecule has 0 aliphatic rings. The van der Waals surface area contributed by atoms with E-state index in [2.05, 4.69) is 16.9 Å². The van der Waals surface area contributed by atoms with Crippen molar-refractivity contribution in [2.75, 3.05) is 0 Å². The summed E-state index contributed by atoms with van der Waals surface area (Å²) < 4.78 is 37.7. The quantitative estimate of drug-likeness (QED) is 0.762. The summed E-state index contributed by atoms with van der Waals surface area (Å²) >= 11 is 0. The lowest BCUT2D eigenvalue weighted by molar-refractivity contribution is -0.137. The van der Waals surface area contributed by atoms with Gasteiger partial charge in [-0.1, -0.05) is 30.3 Å². The van der Waals surface area contributed by atoms with E-state index < -0.39 is 17.8 Å². The van der Waals surface area contributed by atoms with Gasteiger partial charge in [0, 0.05) is 11.3 Å². The number of hydrogen-bond acceptors (Lipinski definition) is 2. The van der Waals surface area contributed by atoms with Crippen molar-refractivity contribution in [3.05, 3.63) is 71.3 Å². The van der Waals surface area contributed by atoms with Crippen LogP contribution in [0.4, 0.5) is 18.0 Å². The van der Waals surface area contributed by atoms with Crippen LogP contribution in [0.5, 0.6) is 5.75 Å². The zero-order valence-electron chi connectivity index (χ0n) is 14.2. The number of alkyl halides is 3. The fourth-order valence-corrected chi connectivity index (χ4v) is 2.23. The van der Waals surface area contributed by atoms with Crippen molar-refractivity contribution in [2.45, 2.75) is 20.0 Å². The Morgan fingerprint density at radius 3 is 2.35 bits per heavy atom. The summed E-state index contributed by atoms with van der Waals surface area (Å²) in [6.45, 7) is 7.03. The van der Waals surface area contributed by atoms with Crippen molar-refractivity contribution in [2.24, 2.45) is 4.99 Å². The predicted octanol–water partition coefficient (Wildman–Crippen LogP) is 4.91. The summed E-state index contributed by atoms with van der Waals surface area (Å²) in [6.07, 6.45) is -4.42. The van der Waals surface area contributed by atoms with Crippen LogP contribution in [0, 0.1) is 6.92 Å². The molecule has 0 spiro atoms. The van der Waals surface area contributed by atoms with Crippen molar-refractivity contribution in [3.63, 3.8) is 0 Å². The third-order valence-corrected chi connectivity index (χ3v) is 3.63. The molecule has 0 atom stereocenters. The van der Waals surface area contributed by atoms with Gasteiger partial charge in [-0.25, -0.2) is 4.79 Å². The second-order valence-electron chi connectivity index (χ2n) is 5.70. The SMILES string of the molecule is C=C(NC(=O)/N=C(\C)c1ccc(C(F)(F)F)cc1)c1cc(C)ccc1O. The average Bonchev–Trinajstić information content (AvgIpc) is 2.56. The van der Waals surface area contributed by atoms with Crippen molar-refractivity contribution in [1.29, 1.82) is 0 Å². The lowest BCUT2D eigenvalue weighted by Crippen LogP contribution is -2.19. The molecule has 2 N–H and O–H groups in total. The van der Waals surface area contributed by atoms with E-state index in [1.165, 1.54) is 25.1 Å². The van der Waals surface area contributed by atoms with E-state index in [0.717, 1.165) is 17.7 Å². The highest BCUT2D eigenvalue weighted by Gasteiger charge is 2.30. The molecule has 4 nitrogen and oxygen atoms in total. The number of phenolic OH excluding ortho intramolecular Hbond substituents is 1. The van der Waals surface area contributed by atoms with Crippen molar-refractivity contribution >= 4 is 17.4 Å². The standard InChI is InChI=1S/C19H17F3N2O2/c1-11-4-9-17(25)16(10-11)13(3)24-18(26)23-12(2)14-5-7-15(8-6-14)19(20,21)22/h4-10,25H,3H2,1-2H3,(H,24,26)/b23-12+. The lowest BCUT2D eigenvalue weighted by atomic mass is 10.1. The summed E-state index contributed by atoms with van der Waals surface area (Å²) in [5.74, 6) is -0.0376. The largest absolute Gasteiger partial charge is 0.507 e. The highest BCUT2D eigenvalue weighted by Crippen LogP contribution is 2.29. The molecule has 0 unspecified atom stereocenters. The van der Waals surface area contributed by atoms with Gasteiger partial charge in [0.25, 0.3) is 0 Å². The number of benzene rings is 2. The number of aryl methyl sites for hydroxylation is 1. The smallest absolute Gasteiger partial charge is 0.416 e. The summed E-state index contributed by atoms with van der Waals surface area (Å²) in [5.41, 5.74) is 1.26. The van der Waals surface area contributed by atoms with Crippen LogP contribution in [-0.2, 0) is 6.18 Å². The zero-order valence-corrected chi connectivity index (χ0v) is 14.2. The van der Waals surface area contributed by atoms with E-state index in [0.29, 0.717) is 11.1 Å². The fraction of sp³-hybridized carbons (Fsp3) is 0.158. The molecule has 136 valence electrons. The van der Waals surface area contributed by atoms with Crippen LogP contribution < -0.4 is 5.32 Å². The summed E-state index contributed by atoms with van der Waals surface area (Å²) in [5, 5.41) is 12.3. The Morgan fingerprint density at radius 1 is 1.15 bits per heavy atom. The molecule has 7 heteroatoms. The van der Waals surface area contributed by atoms with E-state index in [4.69, 9.17) is 0 Å². The number of rotatable bonds is 3. The fourth-order valence-electron chi connectivity index (χ4n) is 2.23. The first-order valence-corrected chi connectivity index (χ1v) is 7.60. The number of nitrogens with zero attached hydrogens (tertiary/aromatic N) is 1. The number of urea groups is 1. The molecular formula is C19H17F3N2O2. The highest BCUT2D eigenvalue weighted by molar-refractivity contribution is 6.05. The topological polar surface area (TPSA) is 61.7 Å². The van der Waals surface area contributed by atoms with Crippen molar-refractivity contribution in [1.82, 2.24) is 5.32 Å². The molecular weight excluding hydrogens is 345 g/mol. The number of aliphatic imine (C=N–C) groups is 1. The van der Waals surface area contributed by atoms with Crippen LogP contribution in [0.25, 0.3) is 5.70 Å². The zero-order chi connectivity index (χ0) is 19.5. The number of nitrogens with one attached hydrogen (secondary N) is 1. The van der Waals surface area contributed by atoms with Gasteiger partial charge in [-0.2, -0.15) is 18.2 Å². The average molecular weight is 362 g/mol. The molecule has 0 bridgehead atoms. The van der Waals surface area contributed by atoms with Gasteiger partial charge in [0.05, 0.1) is 11.3 Å². The molecule has 2 amide bonds. The minimum Gasteiger partial charge on any atom is -0.507 e. The van der Waals surface area contributed by atoms with Crippen LogP contribution in [0.3, 0.4) is 0 Å². The number of halogens is 3. The maximum Gasteiger partial charge on any atom is 0.416 e. The van der Waals surface area contributed by atoms with Crippen molar-refractivity contribution in [3.8, 4) is 5.75 Å². The molecule has 2 rings (SSSR count). The minimum atomic E-state index is -4.42. The predicted molar refractivity (Wildman–Crippen MR) is 94.1 cm³/mol. The van der Waals surface area contributed by atoms with Crippen LogP contribution in [0.2, 0.25) is 0 Å². The van der Waals surface area contributed by atoms with E-state index >= 15 is 0 Å². The minimum absolute atomic E-state index is 0.0376. The molecule has 26 heavy (non-hydrogen) atoms. The molecule has 2 aromatic carbocycles. The number of carbonyl (C=O) groups excluding carboxylic acids is 1. The lowest BCUT2D eigenvalue weighted by Gasteiger charge is -2.10. The first-order valence-electron chi connectivity index (χ1n) is 7.60. The van der Waals surface area contributed by atoms with Crippen LogP contribution >= 0.6 is 0 Å². The first-order chi connectivity index (χ1) is 12.1. The monoisotopic (exact) mass is 362 g/mol. The molecule has 0 aliphatic carbocycles. The van der Waals surface area contributed by atoms with Gasteiger partial charge in [-0.15, -0.1) is 0 Å². The number of carbonyl (C=O) groups is 1. The highest BCUT2D eigenvalue weighted by atomic mass is 19.4. The second kappa shape index (κ2) is 7.43. The van der Waals surface area contributed by atoms with Crippen molar-refractivity contribution < 1.29 is 23.1 Å². The molecule has 0 aromatic heterocycles. The maximum atomic E-state index is 12.6. The molecule has 0 fully saturated rings. The van der Waals surface area contributed by atoms with Crippen LogP contribution in [0.1, 0.15) is 29.2 Å². The van der Waals surface area contributed by atoms with Crippen LogP contribution in [-0.4, -0.2) is 16.8 Å². The Hall–Kier alpha value is -3.09. The number of amides is 2. The van der Waals surface area contributed by atoms with Gasteiger partial charge in [0.1, 0.15) is 5.75 Å². The van der Waals surface area contributed by atoms with Gasteiger partial charge in [0.2, 0.25) is 0 Å². The van der Waals surface area contributed by atoms with E-state index in [1.807, 2.05) is 6.92 Å².